The number of nitrogen functional groups attached to an aromatic ring is 2. The minimum atomic E-state index is -1.25. The molecule has 6 rings (SSSR count). The standard InChI is InChI=1S/C24H33N5O7S.C12H15N5O4S.C8H14O3/c1-10(2)22(30)33-8-14-16(35-23(31)11(3)4)17(36-24(32)12(5)6)21(34-14)29-7-13(19(26)37)15-18(25)27-9-28-20(15)29;13-9-6-4(10(14)22)1-17(11(6)16-3-15-9)12-8(20)7(19)5(2-18)21-12;1-5(2)7(9)11-8(10)6(3)4/h7,9-12,14,16-17,21H,8H2,1-6H3,(H2,26,37)(H2,25,27,28);1,3,5,7-8,12,18-20H,2H2,(H2,14,22)(H2,13,15,16);5-6H,1-4H3/t14-,16-,17-,21-;5?,7-,8-,12-;/m11./s1. The lowest BCUT2D eigenvalue weighted by atomic mass is 10.1. The Hall–Kier alpha value is -6.03. The normalized spacial score (nSPS) is 21.9. The summed E-state index contributed by atoms with van der Waals surface area (Å²) in [5, 5.41) is 30.0. The Labute approximate surface area is 413 Å². The Morgan fingerprint density at radius 1 is 0.614 bits per heavy atom. The maximum Gasteiger partial charge on any atom is 0.316 e. The van der Waals surface area contributed by atoms with Crippen LogP contribution in [0.4, 0.5) is 11.6 Å². The van der Waals surface area contributed by atoms with E-state index in [-0.39, 0.29) is 46.0 Å². The average molecular weight is 1020 g/mol. The number of carbonyl (C=O) groups excluding carboxylic acids is 5. The summed E-state index contributed by atoms with van der Waals surface area (Å²) in [5.41, 5.74) is 25.1. The number of esters is 5. The van der Waals surface area contributed by atoms with Gasteiger partial charge in [-0.3, -0.25) is 24.0 Å². The minimum absolute atomic E-state index is 0.0455. The molecular formula is C44H62N10O14S2. The van der Waals surface area contributed by atoms with Crippen LogP contribution in [-0.4, -0.2) is 134 Å². The zero-order valence-electron chi connectivity index (χ0n) is 40.4. The van der Waals surface area contributed by atoms with Crippen LogP contribution >= 0.6 is 24.4 Å². The van der Waals surface area contributed by atoms with Crippen LogP contribution in [0, 0.1) is 29.6 Å². The highest BCUT2D eigenvalue weighted by Crippen LogP contribution is 2.39. The van der Waals surface area contributed by atoms with E-state index in [1.807, 2.05) is 0 Å². The van der Waals surface area contributed by atoms with Crippen LogP contribution in [0.15, 0.2) is 25.0 Å². The van der Waals surface area contributed by atoms with E-state index in [4.69, 9.17) is 71.1 Å². The van der Waals surface area contributed by atoms with Gasteiger partial charge in [0.15, 0.2) is 24.7 Å². The zero-order chi connectivity index (χ0) is 52.6. The van der Waals surface area contributed by atoms with Crippen LogP contribution < -0.4 is 22.9 Å². The van der Waals surface area contributed by atoms with Crippen molar-refractivity contribution in [2.45, 2.75) is 118 Å². The van der Waals surface area contributed by atoms with Crippen molar-refractivity contribution in [1.29, 1.82) is 0 Å². The number of aliphatic hydroxyl groups is 3. The van der Waals surface area contributed by atoms with E-state index in [0.29, 0.717) is 33.2 Å². The van der Waals surface area contributed by atoms with Gasteiger partial charge in [0.2, 0.25) is 0 Å². The number of thiocarbonyl (C=S) groups is 2. The van der Waals surface area contributed by atoms with Crippen molar-refractivity contribution in [3.63, 3.8) is 0 Å². The molecule has 0 aromatic carbocycles. The lowest BCUT2D eigenvalue weighted by molar-refractivity contribution is -0.173. The monoisotopic (exact) mass is 1020 g/mol. The van der Waals surface area contributed by atoms with Gasteiger partial charge in [-0.1, -0.05) is 93.7 Å². The number of nitrogens with zero attached hydrogens (tertiary/aromatic N) is 6. The first kappa shape index (κ1) is 56.6. The van der Waals surface area contributed by atoms with Crippen LogP contribution in [0.3, 0.4) is 0 Å². The van der Waals surface area contributed by atoms with E-state index >= 15 is 0 Å². The predicted octanol–water partition coefficient (Wildman–Crippen LogP) is 1.51. The van der Waals surface area contributed by atoms with E-state index in [1.165, 1.54) is 17.2 Å². The van der Waals surface area contributed by atoms with Gasteiger partial charge >= 0.3 is 29.8 Å². The summed E-state index contributed by atoms with van der Waals surface area (Å²) in [6.45, 7) is 16.2. The maximum atomic E-state index is 12.7. The Morgan fingerprint density at radius 2 is 1.01 bits per heavy atom. The summed E-state index contributed by atoms with van der Waals surface area (Å²) < 4.78 is 36.3. The molecule has 70 heavy (non-hydrogen) atoms. The van der Waals surface area contributed by atoms with E-state index < -0.39 is 97.4 Å². The van der Waals surface area contributed by atoms with Crippen LogP contribution in [0.1, 0.15) is 92.8 Å². The molecular weight excluding hydrogens is 957 g/mol. The SMILES string of the molecule is CC(C)C(=O)OC(=O)C(C)C.CC(C)C(=O)OC[C@H]1O[C@@H](n2cc(C(N)=S)c3c(N)ncnc32)[C@H](OC(=O)C(C)C)[C@@H]1OC(=O)C(C)C.NC(=S)c1cn([C@@H]2OC(CO)[C@@H](O)[C@H]2O)c2ncnc(N)c12. The third kappa shape index (κ3) is 13.0. The van der Waals surface area contributed by atoms with Crippen LogP contribution in [-0.2, 0) is 52.4 Å². The molecule has 8 atom stereocenters. The second-order valence-corrected chi connectivity index (χ2v) is 18.7. The molecule has 26 heteroatoms. The van der Waals surface area contributed by atoms with Gasteiger partial charge in [-0.2, -0.15) is 0 Å². The Bertz CT molecular complexity index is 2550. The van der Waals surface area contributed by atoms with E-state index in [0.717, 1.165) is 0 Å². The molecule has 11 N–H and O–H groups in total. The van der Waals surface area contributed by atoms with Crippen molar-refractivity contribution >= 4 is 98.0 Å². The highest BCUT2D eigenvalue weighted by Gasteiger charge is 2.52. The molecule has 6 heterocycles. The summed E-state index contributed by atoms with van der Waals surface area (Å²) >= 11 is 10.2. The fourth-order valence-electron chi connectivity index (χ4n) is 6.63. The molecule has 0 aliphatic carbocycles. The molecule has 0 saturated carbocycles. The first-order valence-electron chi connectivity index (χ1n) is 22.2. The van der Waals surface area contributed by atoms with Gasteiger partial charge in [0.05, 0.1) is 47.0 Å². The molecule has 0 radical (unpaired) electrons. The van der Waals surface area contributed by atoms with Gasteiger partial charge in [-0.15, -0.1) is 0 Å². The number of ether oxygens (including phenoxy) is 6. The van der Waals surface area contributed by atoms with Gasteiger partial charge in [0.1, 0.15) is 76.6 Å². The molecule has 1 unspecified atom stereocenters. The number of aliphatic hydroxyl groups excluding tert-OH is 3. The fourth-order valence-corrected chi connectivity index (χ4v) is 6.94. The maximum absolute atomic E-state index is 12.7. The van der Waals surface area contributed by atoms with Crippen molar-refractivity contribution in [3.8, 4) is 0 Å². The Kier molecular flexibility index (Phi) is 19.5. The second-order valence-electron chi connectivity index (χ2n) is 17.8. The number of hydrogen-bond donors (Lipinski definition) is 7. The first-order valence-corrected chi connectivity index (χ1v) is 23.0. The molecule has 4 aromatic rings. The van der Waals surface area contributed by atoms with Crippen molar-refractivity contribution in [1.82, 2.24) is 29.1 Å². The minimum Gasteiger partial charge on any atom is -0.463 e. The molecule has 2 aliphatic rings. The summed E-state index contributed by atoms with van der Waals surface area (Å²) in [6.07, 6.45) is -2.89. The van der Waals surface area contributed by atoms with Gasteiger partial charge in [0.25, 0.3) is 0 Å². The number of fused-ring (bicyclic) bond motifs is 2. The quantitative estimate of drug-likeness (QED) is 0.0407. The second kappa shape index (κ2) is 24.2. The predicted molar refractivity (Wildman–Crippen MR) is 259 cm³/mol. The highest BCUT2D eigenvalue weighted by molar-refractivity contribution is 7.81. The number of carbonyl (C=O) groups is 5. The molecule has 0 bridgehead atoms. The van der Waals surface area contributed by atoms with Crippen LogP contribution in [0.5, 0.6) is 0 Å². The van der Waals surface area contributed by atoms with E-state index in [9.17, 15) is 39.3 Å². The number of rotatable bonds is 14. The third-order valence-electron chi connectivity index (χ3n) is 10.6. The first-order chi connectivity index (χ1) is 32.7. The highest BCUT2D eigenvalue weighted by atomic mass is 32.1. The summed E-state index contributed by atoms with van der Waals surface area (Å²) in [5.74, 6) is -3.92. The van der Waals surface area contributed by atoms with Crippen molar-refractivity contribution in [3.05, 3.63) is 36.2 Å². The van der Waals surface area contributed by atoms with Gasteiger partial charge in [0, 0.05) is 23.5 Å². The molecule has 0 spiro atoms. The molecule has 24 nitrogen and oxygen atoms in total. The average Bonchev–Trinajstić information content (AvgIpc) is 4.04. The fraction of sp³-hybridized carbons (Fsp3) is 0.568. The van der Waals surface area contributed by atoms with Crippen molar-refractivity contribution in [2.24, 2.45) is 41.1 Å². The van der Waals surface area contributed by atoms with Gasteiger partial charge in [-0.25, -0.2) is 19.9 Å². The molecule has 2 fully saturated rings. The lowest BCUT2D eigenvalue weighted by Crippen LogP contribution is -2.42. The largest absolute Gasteiger partial charge is 0.463 e. The smallest absolute Gasteiger partial charge is 0.316 e. The van der Waals surface area contributed by atoms with Crippen molar-refractivity contribution in [2.75, 3.05) is 24.7 Å². The number of hydrogen-bond acceptors (Lipinski definition) is 22. The lowest BCUT2D eigenvalue weighted by Gasteiger charge is -2.26. The molecule has 2 aliphatic heterocycles. The molecule has 0 amide bonds. The molecule has 2 saturated heterocycles. The van der Waals surface area contributed by atoms with E-state index in [1.54, 1.807) is 86.2 Å². The van der Waals surface area contributed by atoms with Crippen molar-refractivity contribution < 1.29 is 67.7 Å². The van der Waals surface area contributed by atoms with Crippen LogP contribution in [0.2, 0.25) is 0 Å². The Balaban J connectivity index is 0.000000270. The molecule has 384 valence electrons. The third-order valence-corrected chi connectivity index (χ3v) is 11.1. The number of aromatic nitrogens is 6. The number of anilines is 2. The Morgan fingerprint density at radius 3 is 1.40 bits per heavy atom. The summed E-state index contributed by atoms with van der Waals surface area (Å²) in [4.78, 5) is 75.7. The molecule has 4 aromatic heterocycles. The summed E-state index contributed by atoms with van der Waals surface area (Å²) in [7, 11) is 0. The van der Waals surface area contributed by atoms with Crippen LogP contribution in [0.25, 0.3) is 22.1 Å². The van der Waals surface area contributed by atoms with Gasteiger partial charge < -0.3 is 75.8 Å². The van der Waals surface area contributed by atoms with Gasteiger partial charge in [-0.05, 0) is 0 Å². The zero-order valence-corrected chi connectivity index (χ0v) is 42.0. The summed E-state index contributed by atoms with van der Waals surface area (Å²) in [6, 6.07) is 0. The van der Waals surface area contributed by atoms with E-state index in [2.05, 4.69) is 24.7 Å². The topological polar surface area (TPSA) is 367 Å². The number of nitrogens with two attached hydrogens (primary N) is 4.